The molecule has 16 heavy (non-hydrogen) atoms. The van der Waals surface area contributed by atoms with E-state index in [0.29, 0.717) is 11.9 Å². The lowest BCUT2D eigenvalue weighted by atomic mass is 10.1. The zero-order chi connectivity index (χ0) is 11.4. The average Bonchev–Trinajstić information content (AvgIpc) is 2.31. The molecule has 0 bridgehead atoms. The molecule has 0 fully saturated rings. The number of hydrogen-bond donors (Lipinski definition) is 1. The molecule has 1 N–H and O–H groups in total. The van der Waals surface area contributed by atoms with Crippen LogP contribution in [0.3, 0.4) is 0 Å². The number of anilines is 2. The fourth-order valence-electron chi connectivity index (χ4n) is 1.35. The molecule has 0 saturated carbocycles. The molecule has 1 heterocycles. The lowest BCUT2D eigenvalue weighted by molar-refractivity contribution is 0.847. The third kappa shape index (κ3) is 2.57. The minimum atomic E-state index is 0.464. The van der Waals surface area contributed by atoms with Crippen molar-refractivity contribution in [2.75, 3.05) is 5.32 Å². The van der Waals surface area contributed by atoms with Crippen LogP contribution in [0.2, 0.25) is 0 Å². The molecule has 3 heteroatoms. The second-order valence-electron chi connectivity index (χ2n) is 3.99. The monoisotopic (exact) mass is 213 g/mol. The van der Waals surface area contributed by atoms with Gasteiger partial charge >= 0.3 is 0 Å². The summed E-state index contributed by atoms with van der Waals surface area (Å²) in [6.07, 6.45) is 3.73. The number of para-hydroxylation sites is 1. The largest absolute Gasteiger partial charge is 0.324 e. The first-order chi connectivity index (χ1) is 7.75. The van der Waals surface area contributed by atoms with Crippen LogP contribution in [0.15, 0.2) is 42.7 Å². The van der Waals surface area contributed by atoms with Gasteiger partial charge in [-0.2, -0.15) is 0 Å². The Morgan fingerprint density at radius 1 is 1.00 bits per heavy atom. The maximum absolute atomic E-state index is 4.27. The smallest absolute Gasteiger partial charge is 0.227 e. The fraction of sp³-hybridized carbons (Fsp3) is 0.231. The van der Waals surface area contributed by atoms with Gasteiger partial charge in [0.1, 0.15) is 0 Å². The van der Waals surface area contributed by atoms with Crippen molar-refractivity contribution in [3.8, 4) is 0 Å². The minimum absolute atomic E-state index is 0.464. The van der Waals surface area contributed by atoms with Gasteiger partial charge in [0.25, 0.3) is 0 Å². The summed E-state index contributed by atoms with van der Waals surface area (Å²) in [6.45, 7) is 4.26. The van der Waals surface area contributed by atoms with Crippen molar-refractivity contribution in [2.45, 2.75) is 19.8 Å². The second-order valence-corrected chi connectivity index (χ2v) is 3.99. The summed E-state index contributed by atoms with van der Waals surface area (Å²) in [5, 5.41) is 3.15. The van der Waals surface area contributed by atoms with Crippen LogP contribution in [0.1, 0.15) is 25.3 Å². The zero-order valence-corrected chi connectivity index (χ0v) is 9.51. The Balaban J connectivity index is 2.11. The van der Waals surface area contributed by atoms with Gasteiger partial charge in [0.2, 0.25) is 5.95 Å². The summed E-state index contributed by atoms with van der Waals surface area (Å²) in [5.41, 5.74) is 2.15. The molecule has 2 aromatic rings. The van der Waals surface area contributed by atoms with E-state index in [1.165, 1.54) is 0 Å². The quantitative estimate of drug-likeness (QED) is 0.849. The Morgan fingerprint density at radius 3 is 2.19 bits per heavy atom. The first-order valence-corrected chi connectivity index (χ1v) is 5.40. The Bertz CT molecular complexity index is 434. The van der Waals surface area contributed by atoms with Gasteiger partial charge in [0, 0.05) is 18.1 Å². The van der Waals surface area contributed by atoms with Crippen LogP contribution in [-0.2, 0) is 0 Å². The number of benzene rings is 1. The van der Waals surface area contributed by atoms with Gasteiger partial charge in [-0.3, -0.25) is 0 Å². The molecule has 0 aliphatic rings. The van der Waals surface area contributed by atoms with E-state index in [1.54, 1.807) is 0 Å². The van der Waals surface area contributed by atoms with Crippen LogP contribution in [0.5, 0.6) is 0 Å². The summed E-state index contributed by atoms with van der Waals surface area (Å²) in [6, 6.07) is 9.91. The molecule has 3 nitrogen and oxygen atoms in total. The van der Waals surface area contributed by atoms with Crippen LogP contribution in [0, 0.1) is 0 Å². The van der Waals surface area contributed by atoms with E-state index in [4.69, 9.17) is 0 Å². The Morgan fingerprint density at radius 2 is 1.62 bits per heavy atom. The Hall–Kier alpha value is -1.90. The van der Waals surface area contributed by atoms with E-state index >= 15 is 0 Å². The predicted molar refractivity (Wildman–Crippen MR) is 65.8 cm³/mol. The first kappa shape index (κ1) is 10.6. The third-order valence-corrected chi connectivity index (χ3v) is 2.37. The maximum atomic E-state index is 4.27. The van der Waals surface area contributed by atoms with E-state index in [-0.39, 0.29) is 0 Å². The van der Waals surface area contributed by atoms with E-state index in [0.717, 1.165) is 11.3 Å². The number of rotatable bonds is 3. The first-order valence-electron chi connectivity index (χ1n) is 5.40. The van der Waals surface area contributed by atoms with Crippen LogP contribution >= 0.6 is 0 Å². The molecule has 0 atom stereocenters. The Kier molecular flexibility index (Phi) is 3.15. The fourth-order valence-corrected chi connectivity index (χ4v) is 1.35. The summed E-state index contributed by atoms with van der Waals surface area (Å²) in [4.78, 5) is 8.55. The van der Waals surface area contributed by atoms with Crippen LogP contribution in [0.25, 0.3) is 0 Å². The van der Waals surface area contributed by atoms with Crippen molar-refractivity contribution in [1.29, 1.82) is 0 Å². The molecule has 1 aromatic carbocycles. The highest BCUT2D eigenvalue weighted by Gasteiger charge is 2.01. The standard InChI is InChI=1S/C13H15N3/c1-10(2)11-8-14-13(15-9-11)16-12-6-4-3-5-7-12/h3-10H,1-2H3,(H,14,15,16). The number of nitrogens with one attached hydrogen (secondary N) is 1. The zero-order valence-electron chi connectivity index (χ0n) is 9.51. The normalized spacial score (nSPS) is 10.4. The highest BCUT2D eigenvalue weighted by molar-refractivity contribution is 5.52. The van der Waals surface area contributed by atoms with Gasteiger partial charge in [0.05, 0.1) is 0 Å². The van der Waals surface area contributed by atoms with Gasteiger partial charge in [-0.05, 0) is 23.6 Å². The summed E-state index contributed by atoms with van der Waals surface area (Å²) in [7, 11) is 0. The highest BCUT2D eigenvalue weighted by Crippen LogP contribution is 2.15. The predicted octanol–water partition coefficient (Wildman–Crippen LogP) is 3.34. The molecule has 0 aliphatic carbocycles. The van der Waals surface area contributed by atoms with Crippen LogP contribution < -0.4 is 5.32 Å². The molecular weight excluding hydrogens is 198 g/mol. The van der Waals surface area contributed by atoms with Crippen molar-refractivity contribution in [3.05, 3.63) is 48.3 Å². The molecule has 82 valence electrons. The number of aromatic nitrogens is 2. The van der Waals surface area contributed by atoms with Gasteiger partial charge in [-0.1, -0.05) is 32.0 Å². The van der Waals surface area contributed by atoms with Gasteiger partial charge in [-0.25, -0.2) is 9.97 Å². The van der Waals surface area contributed by atoms with E-state index < -0.39 is 0 Å². The lowest BCUT2D eigenvalue weighted by Gasteiger charge is -2.06. The third-order valence-electron chi connectivity index (χ3n) is 2.37. The van der Waals surface area contributed by atoms with Crippen molar-refractivity contribution in [3.63, 3.8) is 0 Å². The molecular formula is C13H15N3. The summed E-state index contributed by atoms with van der Waals surface area (Å²) < 4.78 is 0. The molecule has 0 spiro atoms. The minimum Gasteiger partial charge on any atom is -0.324 e. The lowest BCUT2D eigenvalue weighted by Crippen LogP contribution is -1.98. The van der Waals surface area contributed by atoms with Crippen LogP contribution in [0.4, 0.5) is 11.6 Å². The van der Waals surface area contributed by atoms with Crippen molar-refractivity contribution >= 4 is 11.6 Å². The highest BCUT2D eigenvalue weighted by atomic mass is 15.1. The number of nitrogens with zero attached hydrogens (tertiary/aromatic N) is 2. The van der Waals surface area contributed by atoms with Gasteiger partial charge in [-0.15, -0.1) is 0 Å². The second kappa shape index (κ2) is 4.75. The molecule has 0 saturated heterocycles. The SMILES string of the molecule is CC(C)c1cnc(Nc2ccccc2)nc1. The molecule has 0 unspecified atom stereocenters. The topological polar surface area (TPSA) is 37.8 Å². The van der Waals surface area contributed by atoms with Crippen LogP contribution in [-0.4, -0.2) is 9.97 Å². The maximum Gasteiger partial charge on any atom is 0.227 e. The van der Waals surface area contributed by atoms with Crippen molar-refractivity contribution in [1.82, 2.24) is 9.97 Å². The Labute approximate surface area is 95.6 Å². The van der Waals surface area contributed by atoms with Crippen molar-refractivity contribution in [2.24, 2.45) is 0 Å². The average molecular weight is 213 g/mol. The summed E-state index contributed by atoms with van der Waals surface area (Å²) >= 11 is 0. The molecule has 0 amide bonds. The molecule has 2 rings (SSSR count). The van der Waals surface area contributed by atoms with Gasteiger partial charge < -0.3 is 5.32 Å². The van der Waals surface area contributed by atoms with Crippen molar-refractivity contribution < 1.29 is 0 Å². The summed E-state index contributed by atoms with van der Waals surface area (Å²) in [5.74, 6) is 1.10. The van der Waals surface area contributed by atoms with E-state index in [1.807, 2.05) is 42.7 Å². The molecule has 1 aromatic heterocycles. The number of hydrogen-bond acceptors (Lipinski definition) is 3. The van der Waals surface area contributed by atoms with E-state index in [2.05, 4.69) is 29.1 Å². The van der Waals surface area contributed by atoms with E-state index in [9.17, 15) is 0 Å². The molecule has 0 radical (unpaired) electrons. The van der Waals surface area contributed by atoms with Gasteiger partial charge in [0.15, 0.2) is 0 Å². The molecule has 0 aliphatic heterocycles.